The Balaban J connectivity index is 2.16. The summed E-state index contributed by atoms with van der Waals surface area (Å²) in [5.74, 6) is 0. The maximum Gasteiger partial charge on any atom is 0.0649 e. The minimum absolute atomic E-state index is 0.309. The molecule has 0 unspecified atom stereocenters. The molecule has 0 radical (unpaired) electrons. The fourth-order valence-corrected chi connectivity index (χ4v) is 1.96. The molecule has 2 aromatic rings. The van der Waals surface area contributed by atoms with E-state index in [1.54, 1.807) is 0 Å². The summed E-state index contributed by atoms with van der Waals surface area (Å²) in [6.07, 6.45) is 2.45. The van der Waals surface area contributed by atoms with Crippen LogP contribution in [0.5, 0.6) is 0 Å². The molecule has 1 aromatic heterocycles. The number of fused-ring (bicyclic) bond motifs is 1. The lowest BCUT2D eigenvalue weighted by Crippen LogP contribution is -2.09. The van der Waals surface area contributed by atoms with Crippen LogP contribution in [0.3, 0.4) is 0 Å². The third-order valence-electron chi connectivity index (χ3n) is 2.82. The van der Waals surface area contributed by atoms with E-state index < -0.39 is 0 Å². The molecule has 16 heavy (non-hydrogen) atoms. The van der Waals surface area contributed by atoms with Crippen molar-refractivity contribution in [3.8, 4) is 0 Å². The second-order valence-electron chi connectivity index (χ2n) is 4.44. The van der Waals surface area contributed by atoms with Crippen LogP contribution in [0, 0.1) is 6.92 Å². The highest BCUT2D eigenvalue weighted by Gasteiger charge is 2.02. The van der Waals surface area contributed by atoms with E-state index >= 15 is 0 Å². The molecule has 0 saturated carbocycles. The topological polar surface area (TPSA) is 14.2 Å². The molecule has 0 atom stereocenters. The van der Waals surface area contributed by atoms with Crippen LogP contribution in [0.2, 0.25) is 0 Å². The number of rotatable bonds is 4. The fourth-order valence-electron chi connectivity index (χ4n) is 1.96. The van der Waals surface area contributed by atoms with E-state index in [1.165, 1.54) is 16.5 Å². The first-order valence-corrected chi connectivity index (χ1v) is 5.84. The minimum atomic E-state index is 0.309. The van der Waals surface area contributed by atoms with Gasteiger partial charge >= 0.3 is 0 Å². The molecule has 2 heteroatoms. The predicted molar refractivity (Wildman–Crippen MR) is 67.8 cm³/mol. The van der Waals surface area contributed by atoms with Crippen LogP contribution < -0.4 is 0 Å². The lowest BCUT2D eigenvalue weighted by molar-refractivity contribution is 0.0733. The van der Waals surface area contributed by atoms with Crippen molar-refractivity contribution in [2.75, 3.05) is 6.61 Å². The van der Waals surface area contributed by atoms with Crippen molar-refractivity contribution in [1.82, 2.24) is 4.57 Å². The zero-order chi connectivity index (χ0) is 11.5. The Hall–Kier alpha value is -1.28. The molecule has 86 valence electrons. The highest BCUT2D eigenvalue weighted by atomic mass is 16.5. The van der Waals surface area contributed by atoms with Crippen LogP contribution in [0.1, 0.15) is 19.4 Å². The van der Waals surface area contributed by atoms with Crippen molar-refractivity contribution in [2.24, 2.45) is 0 Å². The quantitative estimate of drug-likeness (QED) is 0.765. The molecule has 0 aliphatic rings. The molecule has 0 aliphatic carbocycles. The van der Waals surface area contributed by atoms with Crippen LogP contribution >= 0.6 is 0 Å². The van der Waals surface area contributed by atoms with Gasteiger partial charge in [0.05, 0.1) is 12.7 Å². The van der Waals surface area contributed by atoms with Gasteiger partial charge in [-0.3, -0.25) is 0 Å². The summed E-state index contributed by atoms with van der Waals surface area (Å²) in [6.45, 7) is 7.98. The highest BCUT2D eigenvalue weighted by molar-refractivity contribution is 5.83. The van der Waals surface area contributed by atoms with Gasteiger partial charge in [-0.2, -0.15) is 0 Å². The minimum Gasteiger partial charge on any atom is -0.377 e. The van der Waals surface area contributed by atoms with E-state index in [0.29, 0.717) is 6.10 Å². The Bertz CT molecular complexity index is 471. The van der Waals surface area contributed by atoms with Crippen molar-refractivity contribution in [2.45, 2.75) is 33.4 Å². The molecule has 0 amide bonds. The number of aryl methyl sites for hydroxylation is 1. The molecule has 0 aliphatic heterocycles. The largest absolute Gasteiger partial charge is 0.377 e. The number of ether oxygens (including phenoxy) is 1. The van der Waals surface area contributed by atoms with Gasteiger partial charge in [-0.25, -0.2) is 0 Å². The summed E-state index contributed by atoms with van der Waals surface area (Å²) in [4.78, 5) is 0. The number of benzene rings is 1. The van der Waals surface area contributed by atoms with Gasteiger partial charge in [-0.15, -0.1) is 0 Å². The maximum absolute atomic E-state index is 5.57. The van der Waals surface area contributed by atoms with Gasteiger partial charge in [-0.05, 0) is 38.5 Å². The molecule has 1 heterocycles. The standard InChI is InChI=1S/C14H19NO/c1-11(2)16-10-9-15-8-7-13-12(3)5-4-6-14(13)15/h4-8,11H,9-10H2,1-3H3. The summed E-state index contributed by atoms with van der Waals surface area (Å²) < 4.78 is 7.83. The SMILES string of the molecule is Cc1cccc2c1ccn2CCOC(C)C. The van der Waals surface area contributed by atoms with Crippen LogP contribution in [0.15, 0.2) is 30.5 Å². The van der Waals surface area contributed by atoms with Crippen molar-refractivity contribution < 1.29 is 4.74 Å². The molecule has 0 fully saturated rings. The Kier molecular flexibility index (Phi) is 3.30. The van der Waals surface area contributed by atoms with Crippen molar-refractivity contribution in [3.63, 3.8) is 0 Å². The third-order valence-corrected chi connectivity index (χ3v) is 2.82. The number of nitrogens with zero attached hydrogens (tertiary/aromatic N) is 1. The van der Waals surface area contributed by atoms with E-state index in [4.69, 9.17) is 4.74 Å². The Labute approximate surface area is 96.8 Å². The van der Waals surface area contributed by atoms with E-state index in [1.807, 2.05) is 0 Å². The summed E-state index contributed by atoms with van der Waals surface area (Å²) in [6, 6.07) is 8.60. The molecular formula is C14H19NO. The van der Waals surface area contributed by atoms with Gasteiger partial charge in [-0.1, -0.05) is 12.1 Å². The van der Waals surface area contributed by atoms with Crippen LogP contribution in [0.4, 0.5) is 0 Å². The highest BCUT2D eigenvalue weighted by Crippen LogP contribution is 2.19. The molecular weight excluding hydrogens is 198 g/mol. The molecule has 0 bridgehead atoms. The Morgan fingerprint density at radius 2 is 2.06 bits per heavy atom. The lowest BCUT2D eigenvalue weighted by Gasteiger charge is -2.09. The van der Waals surface area contributed by atoms with Gasteiger partial charge in [0, 0.05) is 23.6 Å². The van der Waals surface area contributed by atoms with Gasteiger partial charge in [0.2, 0.25) is 0 Å². The number of hydrogen-bond acceptors (Lipinski definition) is 1. The molecule has 0 saturated heterocycles. The molecule has 0 spiro atoms. The lowest BCUT2D eigenvalue weighted by atomic mass is 10.1. The zero-order valence-electron chi connectivity index (χ0n) is 10.2. The average Bonchev–Trinajstić information content (AvgIpc) is 2.63. The average molecular weight is 217 g/mol. The van der Waals surface area contributed by atoms with Crippen molar-refractivity contribution >= 4 is 10.9 Å². The van der Waals surface area contributed by atoms with Crippen molar-refractivity contribution in [3.05, 3.63) is 36.0 Å². The first-order chi connectivity index (χ1) is 7.68. The van der Waals surface area contributed by atoms with Gasteiger partial charge < -0.3 is 9.30 Å². The summed E-state index contributed by atoms with van der Waals surface area (Å²) in [5, 5.41) is 1.34. The smallest absolute Gasteiger partial charge is 0.0649 e. The van der Waals surface area contributed by atoms with Crippen LogP contribution in [-0.4, -0.2) is 17.3 Å². The molecule has 2 rings (SSSR count). The monoisotopic (exact) mass is 217 g/mol. The third kappa shape index (κ3) is 2.27. The van der Waals surface area contributed by atoms with Gasteiger partial charge in [0.1, 0.15) is 0 Å². The Morgan fingerprint density at radius 1 is 1.25 bits per heavy atom. The van der Waals surface area contributed by atoms with Crippen LogP contribution in [-0.2, 0) is 11.3 Å². The zero-order valence-corrected chi connectivity index (χ0v) is 10.2. The van der Waals surface area contributed by atoms with E-state index in [-0.39, 0.29) is 0 Å². The van der Waals surface area contributed by atoms with E-state index in [0.717, 1.165) is 13.2 Å². The van der Waals surface area contributed by atoms with E-state index in [2.05, 4.69) is 55.8 Å². The van der Waals surface area contributed by atoms with Gasteiger partial charge in [0.25, 0.3) is 0 Å². The molecule has 0 N–H and O–H groups in total. The summed E-state index contributed by atoms with van der Waals surface area (Å²) >= 11 is 0. The Morgan fingerprint density at radius 3 is 2.81 bits per heavy atom. The maximum atomic E-state index is 5.57. The predicted octanol–water partition coefficient (Wildman–Crippen LogP) is 3.37. The summed E-state index contributed by atoms with van der Waals surface area (Å²) in [7, 11) is 0. The number of hydrogen-bond donors (Lipinski definition) is 0. The second kappa shape index (κ2) is 4.71. The number of aromatic nitrogens is 1. The first kappa shape index (κ1) is 11.2. The van der Waals surface area contributed by atoms with Crippen LogP contribution in [0.25, 0.3) is 10.9 Å². The second-order valence-corrected chi connectivity index (χ2v) is 4.44. The van der Waals surface area contributed by atoms with E-state index in [9.17, 15) is 0 Å². The normalized spacial score (nSPS) is 11.5. The molecule has 1 aromatic carbocycles. The van der Waals surface area contributed by atoms with Gasteiger partial charge in [0.15, 0.2) is 0 Å². The molecule has 2 nitrogen and oxygen atoms in total. The fraction of sp³-hybridized carbons (Fsp3) is 0.429. The first-order valence-electron chi connectivity index (χ1n) is 5.84. The summed E-state index contributed by atoms with van der Waals surface area (Å²) in [5.41, 5.74) is 2.63. The van der Waals surface area contributed by atoms with Crippen molar-refractivity contribution in [1.29, 1.82) is 0 Å².